The van der Waals surface area contributed by atoms with Crippen LogP contribution in [0.5, 0.6) is 0 Å². The first-order chi connectivity index (χ1) is 9.40. The van der Waals surface area contributed by atoms with Gasteiger partial charge in [-0.05, 0) is 18.4 Å². The molecule has 1 heterocycles. The largest absolute Gasteiger partial charge is 0.377 e. The van der Waals surface area contributed by atoms with Crippen LogP contribution in [-0.2, 0) is 20.8 Å². The van der Waals surface area contributed by atoms with Gasteiger partial charge in [0.2, 0.25) is 0 Å². The van der Waals surface area contributed by atoms with Gasteiger partial charge in [-0.25, -0.2) is 0 Å². The summed E-state index contributed by atoms with van der Waals surface area (Å²) in [4.78, 5) is 0. The van der Waals surface area contributed by atoms with Gasteiger partial charge in [0.05, 0.1) is 19.8 Å². The zero-order chi connectivity index (χ0) is 13.3. The molecule has 3 nitrogen and oxygen atoms in total. The minimum Gasteiger partial charge on any atom is -0.377 e. The first-order valence-corrected chi connectivity index (χ1v) is 6.86. The lowest BCUT2D eigenvalue weighted by molar-refractivity contribution is -0.0898. The number of ether oxygens (including phenoxy) is 3. The average Bonchev–Trinajstić information content (AvgIpc) is 2.97. The third kappa shape index (κ3) is 4.78. The first-order valence-electron chi connectivity index (χ1n) is 6.86. The van der Waals surface area contributed by atoms with E-state index in [-0.39, 0.29) is 6.29 Å². The molecule has 1 atom stereocenters. The molecule has 0 aliphatic carbocycles. The van der Waals surface area contributed by atoms with Crippen LogP contribution in [0, 0.1) is 5.92 Å². The SMILES string of the molecule is C=CCC(CCOCc1ccccc1)C1OCCO1. The molecule has 2 rings (SSSR count). The van der Waals surface area contributed by atoms with Gasteiger partial charge >= 0.3 is 0 Å². The van der Waals surface area contributed by atoms with Crippen molar-refractivity contribution in [1.82, 2.24) is 0 Å². The van der Waals surface area contributed by atoms with Crippen LogP contribution in [0.3, 0.4) is 0 Å². The van der Waals surface area contributed by atoms with Crippen molar-refractivity contribution in [2.45, 2.75) is 25.7 Å². The number of hydrogen-bond acceptors (Lipinski definition) is 3. The van der Waals surface area contributed by atoms with Gasteiger partial charge in [0.15, 0.2) is 6.29 Å². The molecule has 0 amide bonds. The molecule has 0 radical (unpaired) electrons. The number of rotatable bonds is 8. The van der Waals surface area contributed by atoms with Crippen LogP contribution >= 0.6 is 0 Å². The molecule has 1 saturated heterocycles. The minimum atomic E-state index is -0.0849. The summed E-state index contributed by atoms with van der Waals surface area (Å²) in [6.45, 7) is 6.57. The molecule has 0 bridgehead atoms. The van der Waals surface area contributed by atoms with Gasteiger partial charge in [-0.15, -0.1) is 6.58 Å². The molecule has 19 heavy (non-hydrogen) atoms. The van der Waals surface area contributed by atoms with E-state index in [1.165, 1.54) is 5.56 Å². The van der Waals surface area contributed by atoms with Gasteiger partial charge in [0.1, 0.15) is 0 Å². The number of benzene rings is 1. The third-order valence-electron chi connectivity index (χ3n) is 3.25. The van der Waals surface area contributed by atoms with Crippen LogP contribution in [0.2, 0.25) is 0 Å². The van der Waals surface area contributed by atoms with Crippen molar-refractivity contribution in [1.29, 1.82) is 0 Å². The van der Waals surface area contributed by atoms with Crippen molar-refractivity contribution in [2.75, 3.05) is 19.8 Å². The van der Waals surface area contributed by atoms with E-state index >= 15 is 0 Å². The maximum atomic E-state index is 5.71. The fraction of sp³-hybridized carbons (Fsp3) is 0.500. The summed E-state index contributed by atoms with van der Waals surface area (Å²) in [6.07, 6.45) is 3.67. The van der Waals surface area contributed by atoms with E-state index in [0.717, 1.165) is 19.4 Å². The Morgan fingerprint density at radius 3 is 2.68 bits per heavy atom. The van der Waals surface area contributed by atoms with Gasteiger partial charge in [-0.1, -0.05) is 36.4 Å². The molecule has 0 spiro atoms. The second kappa shape index (κ2) is 8.10. The lowest BCUT2D eigenvalue weighted by Crippen LogP contribution is -2.22. The van der Waals surface area contributed by atoms with Gasteiger partial charge < -0.3 is 14.2 Å². The highest BCUT2D eigenvalue weighted by Crippen LogP contribution is 2.22. The van der Waals surface area contributed by atoms with Crippen molar-refractivity contribution >= 4 is 0 Å². The van der Waals surface area contributed by atoms with E-state index < -0.39 is 0 Å². The molecule has 1 aromatic carbocycles. The first kappa shape index (κ1) is 14.3. The summed E-state index contributed by atoms with van der Waals surface area (Å²) in [5, 5.41) is 0. The van der Waals surface area contributed by atoms with Crippen LogP contribution in [0.4, 0.5) is 0 Å². The highest BCUT2D eigenvalue weighted by atomic mass is 16.7. The molecule has 1 aromatic rings. The van der Waals surface area contributed by atoms with E-state index in [2.05, 4.69) is 18.7 Å². The predicted octanol–water partition coefficient (Wildman–Crippen LogP) is 3.16. The average molecular weight is 262 g/mol. The van der Waals surface area contributed by atoms with Crippen molar-refractivity contribution in [3.8, 4) is 0 Å². The molecule has 104 valence electrons. The fourth-order valence-electron chi connectivity index (χ4n) is 2.23. The third-order valence-corrected chi connectivity index (χ3v) is 3.25. The number of allylic oxidation sites excluding steroid dienone is 1. The summed E-state index contributed by atoms with van der Waals surface area (Å²) < 4.78 is 16.8. The molecule has 1 aliphatic rings. The van der Waals surface area contributed by atoms with Crippen molar-refractivity contribution in [2.24, 2.45) is 5.92 Å². The van der Waals surface area contributed by atoms with E-state index in [1.807, 2.05) is 24.3 Å². The highest BCUT2D eigenvalue weighted by molar-refractivity contribution is 5.13. The maximum Gasteiger partial charge on any atom is 0.160 e. The molecular weight excluding hydrogens is 240 g/mol. The maximum absolute atomic E-state index is 5.71. The summed E-state index contributed by atoms with van der Waals surface area (Å²) in [6, 6.07) is 10.2. The van der Waals surface area contributed by atoms with Crippen molar-refractivity contribution < 1.29 is 14.2 Å². The Balaban J connectivity index is 1.68. The van der Waals surface area contributed by atoms with Crippen molar-refractivity contribution in [3.63, 3.8) is 0 Å². The molecule has 1 fully saturated rings. The van der Waals surface area contributed by atoms with Crippen LogP contribution < -0.4 is 0 Å². The Bertz CT molecular complexity index is 358. The molecular formula is C16H22O3. The second-order valence-corrected chi connectivity index (χ2v) is 4.72. The summed E-state index contributed by atoms with van der Waals surface area (Å²) in [5.74, 6) is 0.343. The summed E-state index contributed by atoms with van der Waals surface area (Å²) >= 11 is 0. The van der Waals surface area contributed by atoms with Gasteiger partial charge in [0, 0.05) is 12.5 Å². The highest BCUT2D eigenvalue weighted by Gasteiger charge is 2.25. The zero-order valence-electron chi connectivity index (χ0n) is 11.3. The van der Waals surface area contributed by atoms with E-state index in [4.69, 9.17) is 14.2 Å². The lowest BCUT2D eigenvalue weighted by atomic mass is 10.0. The van der Waals surface area contributed by atoms with Crippen LogP contribution in [0.25, 0.3) is 0 Å². The van der Waals surface area contributed by atoms with E-state index in [9.17, 15) is 0 Å². The fourth-order valence-corrected chi connectivity index (χ4v) is 2.23. The van der Waals surface area contributed by atoms with E-state index in [0.29, 0.717) is 25.7 Å². The van der Waals surface area contributed by atoms with Crippen LogP contribution in [0.15, 0.2) is 43.0 Å². The molecule has 1 aliphatic heterocycles. The van der Waals surface area contributed by atoms with Crippen molar-refractivity contribution in [3.05, 3.63) is 48.6 Å². The Kier molecular flexibility index (Phi) is 6.08. The van der Waals surface area contributed by atoms with Crippen LogP contribution in [-0.4, -0.2) is 26.1 Å². The normalized spacial score (nSPS) is 17.5. The summed E-state index contributed by atoms with van der Waals surface area (Å²) in [7, 11) is 0. The Morgan fingerprint density at radius 1 is 1.26 bits per heavy atom. The zero-order valence-corrected chi connectivity index (χ0v) is 11.3. The topological polar surface area (TPSA) is 27.7 Å². The summed E-state index contributed by atoms with van der Waals surface area (Å²) in [5.41, 5.74) is 1.20. The standard InChI is InChI=1S/C16H22O3/c1-2-6-15(16-18-11-12-19-16)9-10-17-13-14-7-4-3-5-8-14/h2-5,7-8,15-16H,1,6,9-13H2. The quantitative estimate of drug-likeness (QED) is 0.532. The van der Waals surface area contributed by atoms with Crippen LogP contribution in [0.1, 0.15) is 18.4 Å². The Hall–Kier alpha value is -1.16. The van der Waals surface area contributed by atoms with E-state index in [1.54, 1.807) is 0 Å². The molecule has 3 heteroatoms. The molecule has 0 saturated carbocycles. The predicted molar refractivity (Wildman–Crippen MR) is 74.7 cm³/mol. The van der Waals surface area contributed by atoms with Gasteiger partial charge in [-0.2, -0.15) is 0 Å². The monoisotopic (exact) mass is 262 g/mol. The number of hydrogen-bond donors (Lipinski definition) is 0. The second-order valence-electron chi connectivity index (χ2n) is 4.72. The molecule has 0 N–H and O–H groups in total. The Labute approximate surface area is 115 Å². The lowest BCUT2D eigenvalue weighted by Gasteiger charge is -2.20. The minimum absolute atomic E-state index is 0.0849. The van der Waals surface area contributed by atoms with Gasteiger partial charge in [0.25, 0.3) is 0 Å². The Morgan fingerprint density at radius 2 is 2.00 bits per heavy atom. The van der Waals surface area contributed by atoms with Gasteiger partial charge in [-0.3, -0.25) is 0 Å². The smallest absolute Gasteiger partial charge is 0.160 e. The molecule has 1 unspecified atom stereocenters. The molecule has 0 aromatic heterocycles.